The zero-order valence-electron chi connectivity index (χ0n) is 10.2. The third-order valence-corrected chi connectivity index (χ3v) is 2.79. The predicted octanol–water partition coefficient (Wildman–Crippen LogP) is -0.410. The first-order chi connectivity index (χ1) is 8.06. The van der Waals surface area contributed by atoms with Gasteiger partial charge in [0.25, 0.3) is 0 Å². The normalized spacial score (nSPS) is 18.5. The van der Waals surface area contributed by atoms with Crippen LogP contribution in [-0.2, 0) is 14.3 Å². The topological polar surface area (TPSA) is 87.7 Å². The van der Waals surface area contributed by atoms with Crippen LogP contribution < -0.4 is 10.6 Å². The van der Waals surface area contributed by atoms with E-state index in [0.29, 0.717) is 13.2 Å². The Morgan fingerprint density at radius 1 is 1.47 bits per heavy atom. The number of carboxylic acids is 1. The third-order valence-electron chi connectivity index (χ3n) is 2.79. The molecule has 1 aliphatic rings. The Kier molecular flexibility index (Phi) is 5.37. The number of carbonyl (C=O) groups is 2. The molecule has 2 atom stereocenters. The number of aliphatic carboxylic acids is 1. The minimum absolute atomic E-state index is 0.168. The summed E-state index contributed by atoms with van der Waals surface area (Å²) in [5.41, 5.74) is 0. The quantitative estimate of drug-likeness (QED) is 0.505. The fourth-order valence-electron chi connectivity index (χ4n) is 1.61. The summed E-state index contributed by atoms with van der Waals surface area (Å²) in [7, 11) is 1.56. The Bertz CT molecular complexity index is 279. The molecule has 1 aliphatic carbocycles. The average molecular weight is 244 g/mol. The van der Waals surface area contributed by atoms with E-state index in [1.165, 1.54) is 0 Å². The predicted molar refractivity (Wildman–Crippen MR) is 61.6 cm³/mol. The van der Waals surface area contributed by atoms with Crippen LogP contribution in [0, 0.1) is 5.92 Å². The van der Waals surface area contributed by atoms with Gasteiger partial charge in [-0.05, 0) is 25.7 Å². The van der Waals surface area contributed by atoms with Gasteiger partial charge < -0.3 is 15.2 Å². The second-order valence-electron chi connectivity index (χ2n) is 4.33. The lowest BCUT2D eigenvalue weighted by Gasteiger charge is -2.19. The zero-order chi connectivity index (χ0) is 12.8. The molecule has 1 saturated carbocycles. The molecular weight excluding hydrogens is 224 g/mol. The highest BCUT2D eigenvalue weighted by Crippen LogP contribution is 2.32. The highest BCUT2D eigenvalue weighted by Gasteiger charge is 2.37. The molecule has 0 aliphatic heterocycles. The second kappa shape index (κ2) is 6.56. The van der Waals surface area contributed by atoms with Gasteiger partial charge in [0.05, 0.1) is 12.6 Å². The first kappa shape index (κ1) is 13.9. The number of ether oxygens (including phenoxy) is 1. The number of hydrogen-bond acceptors (Lipinski definition) is 4. The van der Waals surface area contributed by atoms with Gasteiger partial charge >= 0.3 is 5.97 Å². The maximum absolute atomic E-state index is 11.6. The molecule has 98 valence electrons. The first-order valence-corrected chi connectivity index (χ1v) is 5.81. The van der Waals surface area contributed by atoms with Crippen LogP contribution in [-0.4, -0.2) is 49.3 Å². The molecule has 17 heavy (non-hydrogen) atoms. The Balaban J connectivity index is 2.32. The van der Waals surface area contributed by atoms with Gasteiger partial charge in [0.1, 0.15) is 6.04 Å². The monoisotopic (exact) mass is 244 g/mol. The van der Waals surface area contributed by atoms with Crippen LogP contribution in [0.25, 0.3) is 0 Å². The Labute approximate surface area is 101 Å². The van der Waals surface area contributed by atoms with Crippen molar-refractivity contribution in [2.24, 2.45) is 5.92 Å². The number of methoxy groups -OCH3 is 1. The zero-order valence-corrected chi connectivity index (χ0v) is 10.2. The summed E-state index contributed by atoms with van der Waals surface area (Å²) >= 11 is 0. The molecule has 0 aromatic rings. The maximum Gasteiger partial charge on any atom is 0.321 e. The summed E-state index contributed by atoms with van der Waals surface area (Å²) in [5, 5.41) is 14.5. The standard InChI is InChI=1S/C11H20N2O4/c1-7(10(14)12-5-6-17-2)13-9(11(15)16)8-3-4-8/h7-9,13H,3-6H2,1-2H3,(H,12,14)(H,15,16). The Hall–Kier alpha value is -1.14. The van der Waals surface area contributed by atoms with E-state index in [1.54, 1.807) is 14.0 Å². The van der Waals surface area contributed by atoms with Crippen LogP contribution in [0.5, 0.6) is 0 Å². The first-order valence-electron chi connectivity index (χ1n) is 5.81. The van der Waals surface area contributed by atoms with Gasteiger partial charge in [0.15, 0.2) is 0 Å². The highest BCUT2D eigenvalue weighted by molar-refractivity contribution is 5.82. The van der Waals surface area contributed by atoms with E-state index < -0.39 is 18.1 Å². The van der Waals surface area contributed by atoms with E-state index in [9.17, 15) is 9.59 Å². The molecular formula is C11H20N2O4. The SMILES string of the molecule is COCCNC(=O)C(C)NC(C(=O)O)C1CC1. The molecule has 0 bridgehead atoms. The van der Waals surface area contributed by atoms with Crippen LogP contribution in [0.1, 0.15) is 19.8 Å². The maximum atomic E-state index is 11.6. The van der Waals surface area contributed by atoms with Gasteiger partial charge in [-0.25, -0.2) is 0 Å². The van der Waals surface area contributed by atoms with Crippen LogP contribution in [0.4, 0.5) is 0 Å². The van der Waals surface area contributed by atoms with Crippen molar-refractivity contribution in [3.63, 3.8) is 0 Å². The van der Waals surface area contributed by atoms with Gasteiger partial charge in [-0.15, -0.1) is 0 Å². The fraction of sp³-hybridized carbons (Fsp3) is 0.818. The smallest absolute Gasteiger partial charge is 0.321 e. The molecule has 0 aromatic carbocycles. The van der Waals surface area contributed by atoms with Crippen molar-refractivity contribution in [1.29, 1.82) is 0 Å². The Morgan fingerprint density at radius 2 is 2.12 bits per heavy atom. The molecule has 6 nitrogen and oxygen atoms in total. The van der Waals surface area contributed by atoms with E-state index in [-0.39, 0.29) is 11.8 Å². The molecule has 2 unspecified atom stereocenters. The van der Waals surface area contributed by atoms with Gasteiger partial charge in [0.2, 0.25) is 5.91 Å². The van der Waals surface area contributed by atoms with Crippen molar-refractivity contribution in [2.45, 2.75) is 31.8 Å². The van der Waals surface area contributed by atoms with Crippen LogP contribution in [0.15, 0.2) is 0 Å². The van der Waals surface area contributed by atoms with Crippen molar-refractivity contribution >= 4 is 11.9 Å². The molecule has 1 fully saturated rings. The van der Waals surface area contributed by atoms with Gasteiger partial charge in [-0.3, -0.25) is 14.9 Å². The van der Waals surface area contributed by atoms with Gasteiger partial charge in [-0.1, -0.05) is 0 Å². The molecule has 1 rings (SSSR count). The third kappa shape index (κ3) is 4.70. The van der Waals surface area contributed by atoms with Crippen molar-refractivity contribution in [2.75, 3.05) is 20.3 Å². The number of rotatable bonds is 8. The molecule has 0 aromatic heterocycles. The van der Waals surface area contributed by atoms with Crippen molar-refractivity contribution in [3.8, 4) is 0 Å². The van der Waals surface area contributed by atoms with E-state index in [1.807, 2.05) is 0 Å². The molecule has 0 saturated heterocycles. The number of carboxylic acid groups (broad SMARTS) is 1. The minimum atomic E-state index is -0.885. The van der Waals surface area contributed by atoms with Crippen molar-refractivity contribution in [1.82, 2.24) is 10.6 Å². The van der Waals surface area contributed by atoms with E-state index in [4.69, 9.17) is 9.84 Å². The number of amides is 1. The lowest BCUT2D eigenvalue weighted by molar-refractivity contribution is -0.140. The lowest BCUT2D eigenvalue weighted by atomic mass is 10.1. The van der Waals surface area contributed by atoms with Gasteiger partial charge in [0, 0.05) is 13.7 Å². The summed E-state index contributed by atoms with van der Waals surface area (Å²) in [4.78, 5) is 22.6. The summed E-state index contributed by atoms with van der Waals surface area (Å²) in [6.07, 6.45) is 1.84. The summed E-state index contributed by atoms with van der Waals surface area (Å²) in [6, 6.07) is -1.12. The molecule has 0 heterocycles. The summed E-state index contributed by atoms with van der Waals surface area (Å²) in [5.74, 6) is -0.917. The van der Waals surface area contributed by atoms with E-state index in [2.05, 4.69) is 10.6 Å². The van der Waals surface area contributed by atoms with E-state index >= 15 is 0 Å². The largest absolute Gasteiger partial charge is 0.480 e. The highest BCUT2D eigenvalue weighted by atomic mass is 16.5. The fourth-order valence-corrected chi connectivity index (χ4v) is 1.61. The van der Waals surface area contributed by atoms with Crippen LogP contribution >= 0.6 is 0 Å². The molecule has 0 radical (unpaired) electrons. The average Bonchev–Trinajstić information content (AvgIpc) is 3.09. The summed E-state index contributed by atoms with van der Waals surface area (Å²) in [6.45, 7) is 2.55. The van der Waals surface area contributed by atoms with Gasteiger partial charge in [-0.2, -0.15) is 0 Å². The number of hydrogen-bond donors (Lipinski definition) is 3. The minimum Gasteiger partial charge on any atom is -0.480 e. The van der Waals surface area contributed by atoms with E-state index in [0.717, 1.165) is 12.8 Å². The number of carbonyl (C=O) groups excluding carboxylic acids is 1. The second-order valence-corrected chi connectivity index (χ2v) is 4.33. The number of nitrogens with one attached hydrogen (secondary N) is 2. The van der Waals surface area contributed by atoms with Crippen molar-refractivity contribution in [3.05, 3.63) is 0 Å². The van der Waals surface area contributed by atoms with Crippen LogP contribution in [0.3, 0.4) is 0 Å². The van der Waals surface area contributed by atoms with Crippen LogP contribution in [0.2, 0.25) is 0 Å². The lowest BCUT2D eigenvalue weighted by Crippen LogP contribution is -2.50. The summed E-state index contributed by atoms with van der Waals surface area (Å²) < 4.78 is 4.81. The van der Waals surface area contributed by atoms with Crippen molar-refractivity contribution < 1.29 is 19.4 Å². The molecule has 6 heteroatoms. The molecule has 3 N–H and O–H groups in total. The molecule has 0 spiro atoms. The molecule has 1 amide bonds. The Morgan fingerprint density at radius 3 is 2.59 bits per heavy atom.